The van der Waals surface area contributed by atoms with Crippen molar-refractivity contribution in [2.24, 2.45) is 5.92 Å². The minimum atomic E-state index is 0.882. The second-order valence-corrected chi connectivity index (χ2v) is 6.42. The van der Waals surface area contributed by atoms with E-state index in [1.54, 1.807) is 0 Å². The Balaban J connectivity index is 1.46. The van der Waals surface area contributed by atoms with E-state index in [0.717, 1.165) is 12.0 Å². The second kappa shape index (κ2) is 7.24. The van der Waals surface area contributed by atoms with Crippen LogP contribution < -0.4 is 5.32 Å². The smallest absolute Gasteiger partial charge is 0.0125 e. The van der Waals surface area contributed by atoms with Crippen LogP contribution >= 0.6 is 0 Å². The Hall–Kier alpha value is -0.860. The summed E-state index contributed by atoms with van der Waals surface area (Å²) in [5.41, 5.74) is 1.49. The Morgan fingerprint density at radius 1 is 1.05 bits per heavy atom. The van der Waals surface area contributed by atoms with Crippen molar-refractivity contribution in [1.82, 2.24) is 10.2 Å². The van der Waals surface area contributed by atoms with Crippen LogP contribution in [0.15, 0.2) is 30.3 Å². The molecule has 0 spiro atoms. The molecule has 20 heavy (non-hydrogen) atoms. The van der Waals surface area contributed by atoms with Crippen LogP contribution in [0.4, 0.5) is 0 Å². The molecule has 2 heteroatoms. The molecule has 1 atom stereocenters. The molecule has 2 nitrogen and oxygen atoms in total. The summed E-state index contributed by atoms with van der Waals surface area (Å²) >= 11 is 0. The Morgan fingerprint density at radius 2 is 1.85 bits per heavy atom. The van der Waals surface area contributed by atoms with E-state index in [2.05, 4.69) is 40.5 Å². The quantitative estimate of drug-likeness (QED) is 0.886. The normalized spacial score (nSPS) is 25.1. The molecule has 1 unspecified atom stereocenters. The van der Waals surface area contributed by atoms with Gasteiger partial charge in [0.25, 0.3) is 0 Å². The highest BCUT2D eigenvalue weighted by Gasteiger charge is 2.31. The van der Waals surface area contributed by atoms with E-state index < -0.39 is 0 Å². The minimum absolute atomic E-state index is 0.882. The summed E-state index contributed by atoms with van der Waals surface area (Å²) in [6, 6.07) is 11.8. The van der Waals surface area contributed by atoms with Crippen LogP contribution in [0.1, 0.15) is 37.7 Å². The molecule has 2 fully saturated rings. The van der Waals surface area contributed by atoms with Gasteiger partial charge >= 0.3 is 0 Å². The number of nitrogens with zero attached hydrogens (tertiary/aromatic N) is 1. The van der Waals surface area contributed by atoms with Gasteiger partial charge < -0.3 is 10.2 Å². The predicted octanol–water partition coefficient (Wildman–Crippen LogP) is 3.08. The highest BCUT2D eigenvalue weighted by molar-refractivity contribution is 5.14. The fraction of sp³-hybridized carbons (Fsp3) is 0.667. The third kappa shape index (κ3) is 3.62. The van der Waals surface area contributed by atoms with Crippen molar-refractivity contribution >= 4 is 0 Å². The van der Waals surface area contributed by atoms with Crippen molar-refractivity contribution in [3.8, 4) is 0 Å². The fourth-order valence-electron chi connectivity index (χ4n) is 4.02. The standard InChI is InChI=1S/C18H28N2/c1-2-6-16(7-3-1)8-4-14-20-15-5-9-18(20)17-10-12-19-13-11-17/h1-3,6-7,17-19H,4-5,8-15H2. The van der Waals surface area contributed by atoms with Gasteiger partial charge in [-0.3, -0.25) is 0 Å². The van der Waals surface area contributed by atoms with Gasteiger partial charge in [0, 0.05) is 6.04 Å². The Kier molecular flexibility index (Phi) is 5.10. The summed E-state index contributed by atoms with van der Waals surface area (Å²) in [6.07, 6.45) is 8.18. The zero-order valence-electron chi connectivity index (χ0n) is 12.6. The lowest BCUT2D eigenvalue weighted by molar-refractivity contribution is 0.161. The number of benzene rings is 1. The number of nitrogens with one attached hydrogen (secondary N) is 1. The lowest BCUT2D eigenvalue weighted by Crippen LogP contribution is -2.41. The zero-order chi connectivity index (χ0) is 13.6. The van der Waals surface area contributed by atoms with Crippen LogP contribution in [-0.2, 0) is 6.42 Å². The molecule has 2 aliphatic heterocycles. The Labute approximate surface area is 123 Å². The number of aryl methyl sites for hydroxylation is 1. The van der Waals surface area contributed by atoms with Crippen LogP contribution in [0.25, 0.3) is 0 Å². The summed E-state index contributed by atoms with van der Waals surface area (Å²) in [6.45, 7) is 5.10. The second-order valence-electron chi connectivity index (χ2n) is 6.42. The molecular weight excluding hydrogens is 244 g/mol. The molecule has 3 rings (SSSR count). The highest BCUT2D eigenvalue weighted by atomic mass is 15.2. The van der Waals surface area contributed by atoms with E-state index >= 15 is 0 Å². The Bertz CT molecular complexity index is 384. The zero-order valence-corrected chi connectivity index (χ0v) is 12.6. The minimum Gasteiger partial charge on any atom is -0.317 e. The van der Waals surface area contributed by atoms with Crippen molar-refractivity contribution < 1.29 is 0 Å². The molecule has 0 aliphatic carbocycles. The van der Waals surface area contributed by atoms with Gasteiger partial charge in [0.05, 0.1) is 0 Å². The molecule has 0 bridgehead atoms. The van der Waals surface area contributed by atoms with Gasteiger partial charge in [-0.25, -0.2) is 0 Å². The van der Waals surface area contributed by atoms with Crippen molar-refractivity contribution in [3.63, 3.8) is 0 Å². The van der Waals surface area contributed by atoms with E-state index in [0.29, 0.717) is 0 Å². The van der Waals surface area contributed by atoms with E-state index in [1.165, 1.54) is 70.3 Å². The van der Waals surface area contributed by atoms with Gasteiger partial charge in [-0.05, 0) is 76.2 Å². The van der Waals surface area contributed by atoms with Crippen LogP contribution in [0.2, 0.25) is 0 Å². The number of piperidine rings is 1. The van der Waals surface area contributed by atoms with Crippen molar-refractivity contribution in [2.45, 2.75) is 44.6 Å². The number of hydrogen-bond donors (Lipinski definition) is 1. The molecule has 1 aromatic carbocycles. The summed E-state index contributed by atoms with van der Waals surface area (Å²) in [4.78, 5) is 2.79. The predicted molar refractivity (Wildman–Crippen MR) is 85.0 cm³/mol. The SMILES string of the molecule is c1ccc(CCCN2CCCC2C2CCNCC2)cc1. The average molecular weight is 272 g/mol. The summed E-state index contributed by atoms with van der Waals surface area (Å²) in [5, 5.41) is 3.50. The van der Waals surface area contributed by atoms with Crippen molar-refractivity contribution in [1.29, 1.82) is 0 Å². The van der Waals surface area contributed by atoms with Crippen molar-refractivity contribution in [3.05, 3.63) is 35.9 Å². The largest absolute Gasteiger partial charge is 0.317 e. The van der Waals surface area contributed by atoms with Gasteiger partial charge in [0.15, 0.2) is 0 Å². The first kappa shape index (κ1) is 14.1. The molecule has 2 heterocycles. The van der Waals surface area contributed by atoms with E-state index in [-0.39, 0.29) is 0 Å². The van der Waals surface area contributed by atoms with Crippen molar-refractivity contribution in [2.75, 3.05) is 26.2 Å². The molecule has 110 valence electrons. The third-order valence-electron chi connectivity index (χ3n) is 5.10. The van der Waals surface area contributed by atoms with Crippen LogP contribution in [0.3, 0.4) is 0 Å². The first-order chi connectivity index (χ1) is 9.93. The molecule has 2 aliphatic rings. The lowest BCUT2D eigenvalue weighted by Gasteiger charge is -2.34. The van der Waals surface area contributed by atoms with Gasteiger partial charge in [-0.1, -0.05) is 30.3 Å². The maximum absolute atomic E-state index is 3.50. The molecular formula is C18H28N2. The average Bonchev–Trinajstić information content (AvgIpc) is 2.98. The van der Waals surface area contributed by atoms with Crippen LogP contribution in [0, 0.1) is 5.92 Å². The molecule has 2 saturated heterocycles. The summed E-state index contributed by atoms with van der Waals surface area (Å²) in [7, 11) is 0. The van der Waals surface area contributed by atoms with Gasteiger partial charge in [0.1, 0.15) is 0 Å². The molecule has 1 aromatic rings. The molecule has 0 amide bonds. The first-order valence-electron chi connectivity index (χ1n) is 8.42. The summed E-state index contributed by atoms with van der Waals surface area (Å²) < 4.78 is 0. The van der Waals surface area contributed by atoms with E-state index in [4.69, 9.17) is 0 Å². The number of hydrogen-bond acceptors (Lipinski definition) is 2. The topological polar surface area (TPSA) is 15.3 Å². The van der Waals surface area contributed by atoms with Gasteiger partial charge in [0.2, 0.25) is 0 Å². The highest BCUT2D eigenvalue weighted by Crippen LogP contribution is 2.29. The van der Waals surface area contributed by atoms with E-state index in [1.807, 2.05) is 0 Å². The van der Waals surface area contributed by atoms with E-state index in [9.17, 15) is 0 Å². The Morgan fingerprint density at radius 3 is 2.65 bits per heavy atom. The first-order valence-corrected chi connectivity index (χ1v) is 8.42. The number of likely N-dealkylation sites (tertiary alicyclic amines) is 1. The number of rotatable bonds is 5. The van der Waals surface area contributed by atoms with Gasteiger partial charge in [-0.2, -0.15) is 0 Å². The fourth-order valence-corrected chi connectivity index (χ4v) is 4.02. The maximum atomic E-state index is 3.50. The molecule has 1 N–H and O–H groups in total. The monoisotopic (exact) mass is 272 g/mol. The summed E-state index contributed by atoms with van der Waals surface area (Å²) in [5.74, 6) is 0.954. The molecule has 0 saturated carbocycles. The maximum Gasteiger partial charge on any atom is 0.0125 e. The van der Waals surface area contributed by atoms with Crippen LogP contribution in [-0.4, -0.2) is 37.1 Å². The molecule has 0 radical (unpaired) electrons. The lowest BCUT2D eigenvalue weighted by atomic mass is 9.88. The molecule has 0 aromatic heterocycles. The van der Waals surface area contributed by atoms with Crippen LogP contribution in [0.5, 0.6) is 0 Å². The third-order valence-corrected chi connectivity index (χ3v) is 5.10. The van der Waals surface area contributed by atoms with Gasteiger partial charge in [-0.15, -0.1) is 0 Å².